The number of esters is 1. The van der Waals surface area contributed by atoms with Crippen molar-refractivity contribution >= 4 is 20.1 Å². The molecule has 1 unspecified atom stereocenters. The number of hydrogen-bond acceptors (Lipinski definition) is 4. The van der Waals surface area contributed by atoms with Crippen molar-refractivity contribution in [2.45, 2.75) is 117 Å². The fourth-order valence-corrected chi connectivity index (χ4v) is 8.83. The zero-order chi connectivity index (χ0) is 23.7. The first-order valence-corrected chi connectivity index (χ1v) is 15.7. The Morgan fingerprint density at radius 2 is 1.75 bits per heavy atom. The van der Waals surface area contributed by atoms with E-state index in [9.17, 15) is 9.59 Å². The summed E-state index contributed by atoms with van der Waals surface area (Å²) in [6.45, 7) is 17.9. The second-order valence-electron chi connectivity index (χ2n) is 13.2. The number of hydrogen-bond donors (Lipinski definition) is 0. The Morgan fingerprint density at radius 3 is 2.38 bits per heavy atom. The lowest BCUT2D eigenvalue weighted by Crippen LogP contribution is -2.55. The van der Waals surface area contributed by atoms with Gasteiger partial charge in [0.2, 0.25) is 0 Å². The first kappa shape index (κ1) is 24.2. The normalized spacial score (nSPS) is 41.9. The van der Waals surface area contributed by atoms with Gasteiger partial charge in [-0.2, -0.15) is 0 Å². The Balaban J connectivity index is 1.59. The van der Waals surface area contributed by atoms with E-state index in [-0.39, 0.29) is 40.0 Å². The van der Waals surface area contributed by atoms with Crippen molar-refractivity contribution < 1.29 is 18.8 Å². The Morgan fingerprint density at radius 1 is 1.06 bits per heavy atom. The maximum absolute atomic E-state index is 13.6. The average molecular weight is 461 g/mol. The van der Waals surface area contributed by atoms with Crippen molar-refractivity contribution in [3.8, 4) is 0 Å². The van der Waals surface area contributed by atoms with E-state index >= 15 is 0 Å². The minimum absolute atomic E-state index is 0.0644. The molecule has 4 nitrogen and oxygen atoms in total. The van der Waals surface area contributed by atoms with Crippen molar-refractivity contribution in [3.05, 3.63) is 11.6 Å². The smallest absolute Gasteiger partial charge is 0.302 e. The van der Waals surface area contributed by atoms with Crippen LogP contribution in [0.5, 0.6) is 0 Å². The van der Waals surface area contributed by atoms with E-state index in [1.165, 1.54) is 12.5 Å². The van der Waals surface area contributed by atoms with Gasteiger partial charge in [0, 0.05) is 19.3 Å². The number of ether oxygens (including phenoxy) is 1. The third-order valence-corrected chi connectivity index (χ3v) is 14.9. The van der Waals surface area contributed by atoms with Gasteiger partial charge in [-0.05, 0) is 85.4 Å². The van der Waals surface area contributed by atoms with Crippen LogP contribution in [0.15, 0.2) is 11.6 Å². The highest BCUT2D eigenvalue weighted by Crippen LogP contribution is 2.65. The van der Waals surface area contributed by atoms with Gasteiger partial charge in [-0.3, -0.25) is 9.59 Å². The lowest BCUT2D eigenvalue weighted by molar-refractivity contribution is -0.149. The van der Waals surface area contributed by atoms with E-state index in [0.29, 0.717) is 17.6 Å². The van der Waals surface area contributed by atoms with Crippen LogP contribution in [-0.4, -0.2) is 32.3 Å². The van der Waals surface area contributed by atoms with Crippen LogP contribution in [0.4, 0.5) is 0 Å². The SMILES string of the molecule is CC(=O)OC1CC[C@@]2(C)C(=CC(=O)[C@H]3[C@@H]4CC[C@H](O[Si](C)(C)C(C)(C)C)[C@@]4(C)CC[C@@H]32)C1. The van der Waals surface area contributed by atoms with Gasteiger partial charge in [-0.1, -0.05) is 40.2 Å². The van der Waals surface area contributed by atoms with Gasteiger partial charge >= 0.3 is 5.97 Å². The Kier molecular flexibility index (Phi) is 5.89. The third-order valence-electron chi connectivity index (χ3n) is 10.4. The molecule has 7 atom stereocenters. The Labute approximate surface area is 196 Å². The quantitative estimate of drug-likeness (QED) is 0.359. The van der Waals surface area contributed by atoms with Crippen LogP contribution in [0, 0.1) is 28.6 Å². The van der Waals surface area contributed by atoms with Crippen molar-refractivity contribution in [1.82, 2.24) is 0 Å². The molecule has 5 heteroatoms. The predicted molar refractivity (Wildman–Crippen MR) is 130 cm³/mol. The summed E-state index contributed by atoms with van der Waals surface area (Å²) in [5, 5.41) is 0.199. The molecule has 0 aromatic carbocycles. The largest absolute Gasteiger partial charge is 0.462 e. The van der Waals surface area contributed by atoms with E-state index < -0.39 is 8.32 Å². The lowest BCUT2D eigenvalue weighted by Gasteiger charge is -2.57. The minimum Gasteiger partial charge on any atom is -0.462 e. The van der Waals surface area contributed by atoms with Gasteiger partial charge in [0.1, 0.15) is 6.10 Å². The van der Waals surface area contributed by atoms with Crippen LogP contribution in [0.3, 0.4) is 0 Å². The first-order chi connectivity index (χ1) is 14.7. The topological polar surface area (TPSA) is 52.6 Å². The molecule has 0 aromatic rings. The van der Waals surface area contributed by atoms with Crippen LogP contribution in [0.25, 0.3) is 0 Å². The number of carbonyl (C=O) groups is 2. The molecule has 0 aliphatic heterocycles. The van der Waals surface area contributed by atoms with Crippen LogP contribution in [0.1, 0.15) is 86.5 Å². The van der Waals surface area contributed by atoms with Crippen molar-refractivity contribution in [2.24, 2.45) is 28.6 Å². The zero-order valence-corrected chi connectivity index (χ0v) is 22.5. The molecular weight excluding hydrogens is 416 g/mol. The highest BCUT2D eigenvalue weighted by molar-refractivity contribution is 6.74. The van der Waals surface area contributed by atoms with Gasteiger partial charge in [0.05, 0.1) is 6.10 Å². The number of carbonyl (C=O) groups excluding carboxylic acids is 2. The molecule has 0 N–H and O–H groups in total. The Hall–Kier alpha value is -0.943. The summed E-state index contributed by atoms with van der Waals surface area (Å²) in [6, 6.07) is 0. The van der Waals surface area contributed by atoms with E-state index in [1.54, 1.807) is 0 Å². The second-order valence-corrected chi connectivity index (χ2v) is 17.9. The first-order valence-electron chi connectivity index (χ1n) is 12.8. The molecule has 4 aliphatic rings. The molecule has 4 rings (SSSR count). The highest BCUT2D eigenvalue weighted by Gasteiger charge is 2.62. The molecule has 3 saturated carbocycles. The van der Waals surface area contributed by atoms with E-state index in [0.717, 1.165) is 44.9 Å². The molecule has 0 spiro atoms. The minimum atomic E-state index is -1.86. The van der Waals surface area contributed by atoms with E-state index in [2.05, 4.69) is 47.7 Å². The number of rotatable bonds is 3. The van der Waals surface area contributed by atoms with Crippen LogP contribution in [0.2, 0.25) is 18.1 Å². The molecule has 0 bridgehead atoms. The second kappa shape index (κ2) is 7.80. The molecule has 0 aromatic heterocycles. The lowest BCUT2D eigenvalue weighted by atomic mass is 9.47. The number of fused-ring (bicyclic) bond motifs is 5. The summed E-state index contributed by atoms with van der Waals surface area (Å²) in [5.41, 5.74) is 1.40. The van der Waals surface area contributed by atoms with Gasteiger partial charge in [0.25, 0.3) is 0 Å². The van der Waals surface area contributed by atoms with Crippen LogP contribution < -0.4 is 0 Å². The fraction of sp³-hybridized carbons (Fsp3) is 0.852. The molecule has 0 amide bonds. The van der Waals surface area contributed by atoms with Crippen molar-refractivity contribution in [1.29, 1.82) is 0 Å². The van der Waals surface area contributed by atoms with Crippen LogP contribution >= 0.6 is 0 Å². The van der Waals surface area contributed by atoms with Gasteiger partial charge in [-0.15, -0.1) is 0 Å². The molecule has 0 heterocycles. The predicted octanol–water partition coefficient (Wildman–Crippen LogP) is 6.45. The third kappa shape index (κ3) is 3.75. The highest BCUT2D eigenvalue weighted by atomic mass is 28.4. The van der Waals surface area contributed by atoms with Gasteiger partial charge in [-0.25, -0.2) is 0 Å². The molecule has 32 heavy (non-hydrogen) atoms. The molecule has 0 radical (unpaired) electrons. The standard InChI is InChI=1S/C27H44O4Si/c1-17(28)30-19-11-13-26(5)18(15-19)16-22(29)24-20-9-10-23(27(20,6)14-12-21(24)26)31-32(7,8)25(2,3)4/h16,19-21,23-24H,9-15H2,1-8H3/t19?,20-,21-,23-,24-,26-,27-/m0/s1. The summed E-state index contributed by atoms with van der Waals surface area (Å²) < 4.78 is 12.5. The molecular formula is C27H44O4Si. The summed E-state index contributed by atoms with van der Waals surface area (Å²) in [7, 11) is -1.86. The van der Waals surface area contributed by atoms with E-state index in [1.807, 2.05) is 6.08 Å². The van der Waals surface area contributed by atoms with Crippen LogP contribution in [-0.2, 0) is 18.8 Å². The molecule has 180 valence electrons. The summed E-state index contributed by atoms with van der Waals surface area (Å²) in [5.74, 6) is 1.07. The fourth-order valence-electron chi connectivity index (χ4n) is 7.38. The van der Waals surface area contributed by atoms with Crippen molar-refractivity contribution in [2.75, 3.05) is 0 Å². The summed E-state index contributed by atoms with van der Waals surface area (Å²) in [4.78, 5) is 25.1. The van der Waals surface area contributed by atoms with Gasteiger partial charge in [0.15, 0.2) is 14.1 Å². The monoisotopic (exact) mass is 460 g/mol. The maximum Gasteiger partial charge on any atom is 0.302 e. The Bertz CT molecular complexity index is 824. The average Bonchev–Trinajstić information content (AvgIpc) is 2.97. The summed E-state index contributed by atoms with van der Waals surface area (Å²) >= 11 is 0. The molecule has 3 fully saturated rings. The van der Waals surface area contributed by atoms with E-state index in [4.69, 9.17) is 9.16 Å². The van der Waals surface area contributed by atoms with Crippen molar-refractivity contribution in [3.63, 3.8) is 0 Å². The zero-order valence-electron chi connectivity index (χ0n) is 21.5. The molecule has 4 aliphatic carbocycles. The summed E-state index contributed by atoms with van der Waals surface area (Å²) in [6.07, 6.45) is 9.27. The molecule has 0 saturated heterocycles. The number of allylic oxidation sites excluding steroid dienone is 1. The van der Waals surface area contributed by atoms with Gasteiger partial charge < -0.3 is 9.16 Å². The maximum atomic E-state index is 13.6. The number of ketones is 1.